The second-order valence-electron chi connectivity index (χ2n) is 8.65. The van der Waals surface area contributed by atoms with Gasteiger partial charge in [-0.3, -0.25) is 9.36 Å². The van der Waals surface area contributed by atoms with Crippen LogP contribution in [0.1, 0.15) is 31.2 Å². The molecular formula is C28H20Cl2I2N2O5S. The average molecular weight is 821 g/mol. The predicted octanol–water partition coefficient (Wildman–Crippen LogP) is 6.58. The number of fused-ring (bicyclic) bond motifs is 1. The van der Waals surface area contributed by atoms with Crippen LogP contribution >= 0.6 is 79.7 Å². The highest BCUT2D eigenvalue weighted by molar-refractivity contribution is 14.1. The zero-order valence-electron chi connectivity index (χ0n) is 21.3. The number of aromatic nitrogens is 1. The summed E-state index contributed by atoms with van der Waals surface area (Å²) in [5, 5.41) is 0.810. The Kier molecular flexibility index (Phi) is 8.81. The molecule has 1 aliphatic heterocycles. The average Bonchev–Trinajstić information content (AvgIpc) is 3.50. The summed E-state index contributed by atoms with van der Waals surface area (Å²) >= 11 is 18.0. The minimum Gasteiger partial charge on any atom is -0.495 e. The van der Waals surface area contributed by atoms with Crippen molar-refractivity contribution in [2.24, 2.45) is 4.99 Å². The summed E-state index contributed by atoms with van der Waals surface area (Å²) in [5.74, 6) is 1.12. The van der Waals surface area contributed by atoms with Crippen LogP contribution in [0, 0.1) is 7.14 Å². The summed E-state index contributed by atoms with van der Waals surface area (Å²) in [4.78, 5) is 32.1. The van der Waals surface area contributed by atoms with Crippen molar-refractivity contribution in [3.63, 3.8) is 0 Å². The summed E-state index contributed by atoms with van der Waals surface area (Å²) in [6, 6.07) is 11.7. The first-order valence-electron chi connectivity index (χ1n) is 11.9. The summed E-state index contributed by atoms with van der Waals surface area (Å²) in [5.41, 5.74) is 1.95. The second kappa shape index (κ2) is 12.0. The lowest BCUT2D eigenvalue weighted by Gasteiger charge is -2.22. The third-order valence-electron chi connectivity index (χ3n) is 6.14. The normalized spacial score (nSPS) is 15.2. The van der Waals surface area contributed by atoms with Crippen LogP contribution in [0.4, 0.5) is 0 Å². The number of allylic oxidation sites excluding steroid dienone is 1. The maximum absolute atomic E-state index is 13.9. The highest BCUT2D eigenvalue weighted by Gasteiger charge is 2.35. The molecule has 4 aromatic rings. The van der Waals surface area contributed by atoms with Crippen LogP contribution < -0.4 is 19.6 Å². The molecule has 3 heterocycles. The number of methoxy groups -OCH3 is 1. The van der Waals surface area contributed by atoms with Gasteiger partial charge in [-0.25, -0.2) is 9.79 Å². The highest BCUT2D eigenvalue weighted by Crippen LogP contribution is 2.36. The van der Waals surface area contributed by atoms with Crippen LogP contribution in [0.25, 0.3) is 17.4 Å². The predicted molar refractivity (Wildman–Crippen MR) is 173 cm³/mol. The zero-order valence-corrected chi connectivity index (χ0v) is 27.9. The molecule has 2 aromatic carbocycles. The topological polar surface area (TPSA) is 83.0 Å². The first-order valence-corrected chi connectivity index (χ1v) is 15.6. The van der Waals surface area contributed by atoms with E-state index >= 15 is 0 Å². The van der Waals surface area contributed by atoms with Gasteiger partial charge in [0.25, 0.3) is 5.56 Å². The lowest BCUT2D eigenvalue weighted by Crippen LogP contribution is -2.39. The van der Waals surface area contributed by atoms with Crippen LogP contribution in [-0.2, 0) is 9.53 Å². The Morgan fingerprint density at radius 3 is 2.52 bits per heavy atom. The van der Waals surface area contributed by atoms with Gasteiger partial charge in [-0.15, -0.1) is 0 Å². The number of furan rings is 1. The Morgan fingerprint density at radius 2 is 1.88 bits per heavy atom. The molecule has 0 amide bonds. The quantitative estimate of drug-likeness (QED) is 0.162. The fraction of sp³-hybridized carbons (Fsp3) is 0.179. The number of carbonyl (C=O) groups is 1. The van der Waals surface area contributed by atoms with Crippen LogP contribution in [0.3, 0.4) is 0 Å². The number of hydrogen-bond acceptors (Lipinski definition) is 7. The van der Waals surface area contributed by atoms with Crippen molar-refractivity contribution in [3.8, 4) is 17.1 Å². The van der Waals surface area contributed by atoms with Crippen molar-refractivity contribution in [2.75, 3.05) is 13.7 Å². The Labute approximate surface area is 270 Å². The van der Waals surface area contributed by atoms with E-state index in [4.69, 9.17) is 37.1 Å². The van der Waals surface area contributed by atoms with Crippen molar-refractivity contribution >= 4 is 91.8 Å². The highest BCUT2D eigenvalue weighted by atomic mass is 127. The third kappa shape index (κ3) is 5.52. The van der Waals surface area contributed by atoms with Crippen molar-refractivity contribution in [1.29, 1.82) is 0 Å². The van der Waals surface area contributed by atoms with E-state index in [0.717, 1.165) is 18.5 Å². The number of ether oxygens (including phenoxy) is 2. The van der Waals surface area contributed by atoms with Gasteiger partial charge in [0, 0.05) is 5.56 Å². The van der Waals surface area contributed by atoms with E-state index in [0.29, 0.717) is 42.2 Å². The monoisotopic (exact) mass is 820 g/mol. The molecule has 0 fully saturated rings. The Balaban J connectivity index is 1.68. The fourth-order valence-corrected chi connectivity index (χ4v) is 7.98. The van der Waals surface area contributed by atoms with E-state index < -0.39 is 12.0 Å². The van der Waals surface area contributed by atoms with Crippen molar-refractivity contribution in [3.05, 3.63) is 102 Å². The van der Waals surface area contributed by atoms with Gasteiger partial charge in [-0.05, 0) is 113 Å². The zero-order chi connectivity index (χ0) is 28.7. The number of hydrogen-bond donors (Lipinski definition) is 0. The number of benzene rings is 2. The molecule has 1 aliphatic rings. The Morgan fingerprint density at radius 1 is 1.15 bits per heavy atom. The van der Waals surface area contributed by atoms with Crippen LogP contribution in [-0.4, -0.2) is 24.3 Å². The van der Waals surface area contributed by atoms with Gasteiger partial charge >= 0.3 is 5.97 Å². The largest absolute Gasteiger partial charge is 0.495 e. The fourth-order valence-electron chi connectivity index (χ4n) is 4.37. The SMILES string of the molecule is CCOC(=O)C1=C(C)N=c2s/c(=C\c3cc(I)c(OC)c(I)c3)c(=O)n2[C@H]1c1ccc(-c2ccc(Cl)c(Cl)c2)o1. The van der Waals surface area contributed by atoms with Gasteiger partial charge in [-0.2, -0.15) is 0 Å². The summed E-state index contributed by atoms with van der Waals surface area (Å²) in [6.07, 6.45) is 1.82. The number of halogens is 4. The first-order chi connectivity index (χ1) is 19.1. The first kappa shape index (κ1) is 29.4. The van der Waals surface area contributed by atoms with Gasteiger partial charge in [0.2, 0.25) is 0 Å². The van der Waals surface area contributed by atoms with Gasteiger partial charge < -0.3 is 13.9 Å². The minimum absolute atomic E-state index is 0.175. The van der Waals surface area contributed by atoms with E-state index in [-0.39, 0.29) is 17.7 Å². The Hall–Kier alpha value is -2.13. The molecule has 206 valence electrons. The van der Waals surface area contributed by atoms with Gasteiger partial charge in [0.1, 0.15) is 23.3 Å². The molecule has 7 nitrogen and oxygen atoms in total. The summed E-state index contributed by atoms with van der Waals surface area (Å²) in [6.45, 7) is 3.63. The maximum Gasteiger partial charge on any atom is 0.338 e. The van der Waals surface area contributed by atoms with Crippen molar-refractivity contribution in [1.82, 2.24) is 4.57 Å². The molecule has 1 atom stereocenters. The molecule has 12 heteroatoms. The van der Waals surface area contributed by atoms with Crippen LogP contribution in [0.5, 0.6) is 5.75 Å². The van der Waals surface area contributed by atoms with E-state index in [2.05, 4.69) is 50.2 Å². The third-order valence-corrected chi connectivity index (χ3v) is 9.46. The number of esters is 1. The van der Waals surface area contributed by atoms with E-state index in [9.17, 15) is 9.59 Å². The molecular weight excluding hydrogens is 801 g/mol. The van der Waals surface area contributed by atoms with E-state index in [1.165, 1.54) is 15.9 Å². The van der Waals surface area contributed by atoms with E-state index in [1.54, 1.807) is 51.3 Å². The molecule has 0 saturated carbocycles. The number of thiazole rings is 1. The lowest BCUT2D eigenvalue weighted by atomic mass is 10.0. The Bertz CT molecular complexity index is 1850. The molecule has 0 radical (unpaired) electrons. The maximum atomic E-state index is 13.9. The second-order valence-corrected chi connectivity index (χ2v) is 12.8. The lowest BCUT2D eigenvalue weighted by molar-refractivity contribution is -0.139. The molecule has 0 unspecified atom stereocenters. The van der Waals surface area contributed by atoms with Gasteiger partial charge in [-0.1, -0.05) is 34.5 Å². The van der Waals surface area contributed by atoms with Gasteiger partial charge in [0.15, 0.2) is 4.80 Å². The molecule has 0 aliphatic carbocycles. The molecule has 0 saturated heterocycles. The molecule has 5 rings (SSSR count). The van der Waals surface area contributed by atoms with E-state index in [1.807, 2.05) is 18.2 Å². The number of nitrogens with zero attached hydrogens (tertiary/aromatic N) is 2. The molecule has 0 N–H and O–H groups in total. The van der Waals surface area contributed by atoms with Crippen molar-refractivity contribution in [2.45, 2.75) is 19.9 Å². The molecule has 0 bridgehead atoms. The standard InChI is InChI=1S/C28H20Cl2I2N2O5S/c1-4-38-27(36)23-13(2)33-28-34(24(23)21-8-7-20(39-21)15-5-6-16(29)17(30)12-15)26(35)22(40-28)11-14-9-18(31)25(37-3)19(32)10-14/h5-12,24H,4H2,1-3H3/b22-11-/t24-/m0/s1. The summed E-state index contributed by atoms with van der Waals surface area (Å²) < 4.78 is 20.9. The van der Waals surface area contributed by atoms with Crippen molar-refractivity contribution < 1.29 is 18.7 Å². The smallest absolute Gasteiger partial charge is 0.338 e. The molecule has 0 spiro atoms. The minimum atomic E-state index is -0.870. The number of rotatable bonds is 6. The van der Waals surface area contributed by atoms with Crippen LogP contribution in [0.2, 0.25) is 10.0 Å². The van der Waals surface area contributed by atoms with Gasteiger partial charge in [0.05, 0.1) is 46.7 Å². The molecule has 2 aromatic heterocycles. The summed E-state index contributed by atoms with van der Waals surface area (Å²) in [7, 11) is 1.63. The van der Waals surface area contributed by atoms with Crippen LogP contribution in [0.15, 0.2) is 67.9 Å². The number of carbonyl (C=O) groups excluding carboxylic acids is 1. The molecule has 40 heavy (non-hydrogen) atoms.